The average molecular weight is 251 g/mol. The second-order valence-corrected chi connectivity index (χ2v) is 5.45. The van der Waals surface area contributed by atoms with E-state index in [1.165, 1.54) is 37.0 Å². The number of thioether (sulfide) groups is 1. The minimum Gasteiger partial charge on any atom is -0.0875 e. The summed E-state index contributed by atoms with van der Waals surface area (Å²) >= 11 is 7.43. The third-order valence-corrected chi connectivity index (χ3v) is 3.83. The van der Waals surface area contributed by atoms with Gasteiger partial charge in [0.1, 0.15) is 0 Å². The van der Waals surface area contributed by atoms with Crippen molar-refractivity contribution < 1.29 is 0 Å². The van der Waals surface area contributed by atoms with Crippen molar-refractivity contribution in [3.05, 3.63) is 29.3 Å². The fourth-order valence-electron chi connectivity index (χ4n) is 1.92. The van der Waals surface area contributed by atoms with Gasteiger partial charge in [0.25, 0.3) is 0 Å². The number of hydrogen-bond acceptors (Lipinski definition) is 1. The molecule has 0 nitrogen and oxygen atoms in total. The van der Waals surface area contributed by atoms with E-state index in [4.69, 9.17) is 11.6 Å². The Balaban J connectivity index is 1.86. The first-order valence-corrected chi connectivity index (χ1v) is 6.97. The predicted octanol–water partition coefficient (Wildman–Crippen LogP) is 4.97. The van der Waals surface area contributed by atoms with Gasteiger partial charge in [-0.1, -0.05) is 36.8 Å². The molecule has 0 aromatic heterocycles. The molecule has 1 aliphatic carbocycles. The van der Waals surface area contributed by atoms with E-state index in [-0.39, 0.29) is 0 Å². The summed E-state index contributed by atoms with van der Waals surface area (Å²) in [5, 5.41) is 4.00. The van der Waals surface area contributed by atoms with Crippen molar-refractivity contribution in [1.29, 1.82) is 0 Å². The zero-order chi connectivity index (χ0) is 11.2. The van der Waals surface area contributed by atoms with Gasteiger partial charge in [-0.2, -0.15) is 0 Å². The number of hydrogen-bond donors (Lipinski definition) is 0. The molecule has 2 rings (SSSR count). The quantitative estimate of drug-likeness (QED) is 0.501. The monoisotopic (exact) mass is 250 g/mol. The molecule has 1 fully saturated rings. The molecule has 0 atom stereocenters. The highest BCUT2D eigenvalue weighted by Gasteiger charge is 2.09. The highest BCUT2D eigenvalue weighted by molar-refractivity contribution is 8.03. The van der Waals surface area contributed by atoms with E-state index in [1.807, 2.05) is 24.3 Å². The first-order valence-electron chi connectivity index (χ1n) is 5.77. The fourth-order valence-corrected chi connectivity index (χ4v) is 2.66. The molecule has 16 heavy (non-hydrogen) atoms. The van der Waals surface area contributed by atoms with Crippen LogP contribution < -0.4 is 0 Å². The van der Waals surface area contributed by atoms with Gasteiger partial charge in [-0.15, -0.1) is 0 Å². The summed E-state index contributed by atoms with van der Waals surface area (Å²) < 4.78 is 0. The maximum atomic E-state index is 5.82. The van der Waals surface area contributed by atoms with E-state index in [9.17, 15) is 0 Å². The SMILES string of the molecule is Clc1ccc(SC#CC2CCCCC2)cc1. The van der Waals surface area contributed by atoms with Crippen LogP contribution in [-0.4, -0.2) is 0 Å². The molecule has 0 saturated heterocycles. The maximum Gasteiger partial charge on any atom is 0.0406 e. The molecule has 0 unspecified atom stereocenters. The van der Waals surface area contributed by atoms with Gasteiger partial charge >= 0.3 is 0 Å². The molecule has 2 heteroatoms. The molecule has 1 aliphatic rings. The van der Waals surface area contributed by atoms with Gasteiger partial charge in [0, 0.05) is 15.8 Å². The summed E-state index contributed by atoms with van der Waals surface area (Å²) in [6, 6.07) is 7.85. The highest BCUT2D eigenvalue weighted by atomic mass is 35.5. The zero-order valence-electron chi connectivity index (χ0n) is 9.21. The summed E-state index contributed by atoms with van der Waals surface area (Å²) in [7, 11) is 0. The van der Waals surface area contributed by atoms with Crippen LogP contribution in [0.3, 0.4) is 0 Å². The Bertz CT molecular complexity index is 379. The minimum atomic E-state index is 0.633. The fraction of sp³-hybridized carbons (Fsp3) is 0.429. The molecule has 1 saturated carbocycles. The van der Waals surface area contributed by atoms with Crippen LogP contribution in [0.25, 0.3) is 0 Å². The Morgan fingerprint density at radius 3 is 2.44 bits per heavy atom. The van der Waals surface area contributed by atoms with Crippen LogP contribution >= 0.6 is 23.4 Å². The lowest BCUT2D eigenvalue weighted by molar-refractivity contribution is 0.430. The largest absolute Gasteiger partial charge is 0.0875 e. The van der Waals surface area contributed by atoms with Crippen molar-refractivity contribution in [2.24, 2.45) is 5.92 Å². The highest BCUT2D eigenvalue weighted by Crippen LogP contribution is 2.24. The van der Waals surface area contributed by atoms with E-state index >= 15 is 0 Å². The van der Waals surface area contributed by atoms with Gasteiger partial charge in [0.2, 0.25) is 0 Å². The lowest BCUT2D eigenvalue weighted by Gasteiger charge is -2.15. The molecule has 0 N–H and O–H groups in total. The van der Waals surface area contributed by atoms with Gasteiger partial charge in [-0.25, -0.2) is 0 Å². The Morgan fingerprint density at radius 1 is 1.06 bits per heavy atom. The first kappa shape index (κ1) is 11.9. The van der Waals surface area contributed by atoms with Gasteiger partial charge in [-0.05, 0) is 54.1 Å². The Morgan fingerprint density at radius 2 is 1.75 bits per heavy atom. The standard InChI is InChI=1S/C14H15ClS/c15-13-6-8-14(9-7-13)16-11-10-12-4-2-1-3-5-12/h6-9,12H,1-5H2. The van der Waals surface area contributed by atoms with Crippen molar-refractivity contribution in [1.82, 2.24) is 0 Å². The van der Waals surface area contributed by atoms with Crippen molar-refractivity contribution in [3.63, 3.8) is 0 Å². The first-order chi connectivity index (χ1) is 7.84. The minimum absolute atomic E-state index is 0.633. The zero-order valence-corrected chi connectivity index (χ0v) is 10.8. The summed E-state index contributed by atoms with van der Waals surface area (Å²) in [5.74, 6) is 4.00. The normalized spacial score (nSPS) is 16.6. The number of halogens is 1. The third-order valence-electron chi connectivity index (χ3n) is 2.85. The second-order valence-electron chi connectivity index (χ2n) is 4.14. The van der Waals surface area contributed by atoms with E-state index in [2.05, 4.69) is 11.2 Å². The number of benzene rings is 1. The van der Waals surface area contributed by atoms with Crippen molar-refractivity contribution in [3.8, 4) is 11.2 Å². The third kappa shape index (κ3) is 3.77. The molecule has 0 heterocycles. The van der Waals surface area contributed by atoms with Gasteiger partial charge in [0.05, 0.1) is 0 Å². The van der Waals surface area contributed by atoms with Crippen LogP contribution in [0.4, 0.5) is 0 Å². The Labute approximate surface area is 107 Å². The van der Waals surface area contributed by atoms with Crippen molar-refractivity contribution >= 4 is 23.4 Å². The van der Waals surface area contributed by atoms with Gasteiger partial charge in [0.15, 0.2) is 0 Å². The predicted molar refractivity (Wildman–Crippen MR) is 71.7 cm³/mol. The van der Waals surface area contributed by atoms with Crippen LogP contribution in [0.1, 0.15) is 32.1 Å². The smallest absolute Gasteiger partial charge is 0.0406 e. The summed E-state index contributed by atoms with van der Waals surface area (Å²) in [5.41, 5.74) is 0. The molecule has 0 spiro atoms. The molecular weight excluding hydrogens is 236 g/mol. The molecular formula is C14H15ClS. The van der Waals surface area contributed by atoms with E-state index in [0.717, 1.165) is 5.02 Å². The van der Waals surface area contributed by atoms with Crippen molar-refractivity contribution in [2.45, 2.75) is 37.0 Å². The summed E-state index contributed by atoms with van der Waals surface area (Å²) in [6.45, 7) is 0. The Kier molecular flexibility index (Phi) is 4.63. The topological polar surface area (TPSA) is 0 Å². The van der Waals surface area contributed by atoms with Gasteiger partial charge < -0.3 is 0 Å². The second kappa shape index (κ2) is 6.23. The summed E-state index contributed by atoms with van der Waals surface area (Å²) in [4.78, 5) is 1.17. The molecule has 1 aromatic rings. The molecule has 0 aliphatic heterocycles. The number of rotatable bonds is 1. The molecule has 0 bridgehead atoms. The van der Waals surface area contributed by atoms with Crippen LogP contribution in [0.15, 0.2) is 29.2 Å². The molecule has 1 aromatic carbocycles. The van der Waals surface area contributed by atoms with E-state index in [0.29, 0.717) is 5.92 Å². The van der Waals surface area contributed by atoms with E-state index in [1.54, 1.807) is 11.8 Å². The van der Waals surface area contributed by atoms with Crippen molar-refractivity contribution in [2.75, 3.05) is 0 Å². The molecule has 0 amide bonds. The molecule has 84 valence electrons. The average Bonchev–Trinajstić information content (AvgIpc) is 2.33. The van der Waals surface area contributed by atoms with E-state index < -0.39 is 0 Å². The van der Waals surface area contributed by atoms with Crippen LogP contribution in [0.2, 0.25) is 5.02 Å². The maximum absolute atomic E-state index is 5.82. The Hall–Kier alpha value is -0.580. The van der Waals surface area contributed by atoms with Crippen LogP contribution in [0.5, 0.6) is 0 Å². The van der Waals surface area contributed by atoms with Crippen LogP contribution in [-0.2, 0) is 0 Å². The molecule has 0 radical (unpaired) electrons. The summed E-state index contributed by atoms with van der Waals surface area (Å²) in [6.07, 6.45) is 6.67. The lowest BCUT2D eigenvalue weighted by Crippen LogP contribution is -2.02. The lowest BCUT2D eigenvalue weighted by atomic mass is 9.90. The van der Waals surface area contributed by atoms with Crippen LogP contribution in [0, 0.1) is 17.1 Å². The van der Waals surface area contributed by atoms with Gasteiger partial charge in [-0.3, -0.25) is 0 Å².